The standard InChI is InChI=1S/C9H9Cl3/c1-2-8(11)7-4-3-6(10)5-9(7)12/h3-5,8H,2H2,1H3/t8-/m0/s1. The van der Waals surface area contributed by atoms with E-state index in [0.717, 1.165) is 12.0 Å². The summed E-state index contributed by atoms with van der Waals surface area (Å²) in [4.78, 5) is 0. The second kappa shape index (κ2) is 4.36. The summed E-state index contributed by atoms with van der Waals surface area (Å²) in [5.41, 5.74) is 0.949. The van der Waals surface area contributed by atoms with Crippen LogP contribution in [0.2, 0.25) is 10.0 Å². The highest BCUT2D eigenvalue weighted by molar-refractivity contribution is 6.35. The van der Waals surface area contributed by atoms with E-state index in [1.54, 1.807) is 12.1 Å². The van der Waals surface area contributed by atoms with Gasteiger partial charge in [-0.2, -0.15) is 0 Å². The minimum atomic E-state index is -0.0187. The first-order valence-corrected chi connectivity index (χ1v) is 4.93. The van der Waals surface area contributed by atoms with Gasteiger partial charge >= 0.3 is 0 Å². The molecule has 0 aromatic heterocycles. The molecule has 0 saturated heterocycles. The van der Waals surface area contributed by atoms with Crippen LogP contribution in [0.4, 0.5) is 0 Å². The Kier molecular flexibility index (Phi) is 3.70. The minimum Gasteiger partial charge on any atom is -0.118 e. The lowest BCUT2D eigenvalue weighted by Crippen LogP contribution is -1.88. The maximum Gasteiger partial charge on any atom is 0.0597 e. The van der Waals surface area contributed by atoms with Crippen molar-refractivity contribution in [3.05, 3.63) is 33.8 Å². The number of halogens is 3. The molecule has 1 aromatic carbocycles. The van der Waals surface area contributed by atoms with E-state index < -0.39 is 0 Å². The largest absolute Gasteiger partial charge is 0.118 e. The van der Waals surface area contributed by atoms with E-state index in [1.807, 2.05) is 13.0 Å². The Morgan fingerprint density at radius 3 is 2.50 bits per heavy atom. The fraction of sp³-hybridized carbons (Fsp3) is 0.333. The van der Waals surface area contributed by atoms with Crippen molar-refractivity contribution in [2.24, 2.45) is 0 Å². The van der Waals surface area contributed by atoms with Gasteiger partial charge in [0.2, 0.25) is 0 Å². The molecule has 0 aliphatic heterocycles. The Hall–Kier alpha value is 0.0900. The molecule has 0 nitrogen and oxygen atoms in total. The van der Waals surface area contributed by atoms with Gasteiger partial charge in [-0.1, -0.05) is 36.2 Å². The van der Waals surface area contributed by atoms with Crippen molar-refractivity contribution in [2.45, 2.75) is 18.7 Å². The average molecular weight is 224 g/mol. The predicted molar refractivity (Wildman–Crippen MR) is 55.3 cm³/mol. The fourth-order valence-corrected chi connectivity index (χ4v) is 1.76. The number of hydrogen-bond acceptors (Lipinski definition) is 0. The smallest absolute Gasteiger partial charge is 0.0597 e. The van der Waals surface area contributed by atoms with Crippen molar-refractivity contribution in [2.75, 3.05) is 0 Å². The van der Waals surface area contributed by atoms with Gasteiger partial charge in [0.15, 0.2) is 0 Å². The Balaban J connectivity index is 3.01. The van der Waals surface area contributed by atoms with Crippen LogP contribution in [0.3, 0.4) is 0 Å². The van der Waals surface area contributed by atoms with Crippen LogP contribution in [0.1, 0.15) is 24.3 Å². The van der Waals surface area contributed by atoms with Gasteiger partial charge < -0.3 is 0 Å². The molecule has 0 unspecified atom stereocenters. The minimum absolute atomic E-state index is 0.0187. The molecule has 1 aromatic rings. The number of hydrogen-bond donors (Lipinski definition) is 0. The molecule has 0 fully saturated rings. The highest BCUT2D eigenvalue weighted by atomic mass is 35.5. The van der Waals surface area contributed by atoms with Crippen molar-refractivity contribution in [3.63, 3.8) is 0 Å². The van der Waals surface area contributed by atoms with E-state index in [4.69, 9.17) is 34.8 Å². The summed E-state index contributed by atoms with van der Waals surface area (Å²) < 4.78 is 0. The predicted octanol–water partition coefficient (Wildman–Crippen LogP) is 4.68. The number of benzene rings is 1. The second-order valence-corrected chi connectivity index (χ2v) is 3.91. The van der Waals surface area contributed by atoms with E-state index in [9.17, 15) is 0 Å². The molecule has 0 amide bonds. The summed E-state index contributed by atoms with van der Waals surface area (Å²) in [6, 6.07) is 5.38. The lowest BCUT2D eigenvalue weighted by Gasteiger charge is -2.08. The lowest BCUT2D eigenvalue weighted by molar-refractivity contribution is 0.884. The maximum atomic E-state index is 6.02. The third-order valence-electron chi connectivity index (χ3n) is 1.66. The maximum absolute atomic E-state index is 6.02. The molecule has 0 N–H and O–H groups in total. The highest BCUT2D eigenvalue weighted by Crippen LogP contribution is 2.31. The SMILES string of the molecule is CC[C@H](Cl)c1ccc(Cl)cc1Cl. The third-order valence-corrected chi connectivity index (χ3v) is 2.76. The Morgan fingerprint density at radius 2 is 2.00 bits per heavy atom. The summed E-state index contributed by atoms with van der Waals surface area (Å²) in [6.45, 7) is 2.02. The van der Waals surface area contributed by atoms with Gasteiger partial charge in [-0.15, -0.1) is 11.6 Å². The summed E-state index contributed by atoms with van der Waals surface area (Å²) in [7, 11) is 0. The van der Waals surface area contributed by atoms with Crippen LogP contribution < -0.4 is 0 Å². The van der Waals surface area contributed by atoms with Gasteiger partial charge in [0.05, 0.1) is 5.38 Å². The van der Waals surface area contributed by atoms with Crippen molar-refractivity contribution in [3.8, 4) is 0 Å². The summed E-state index contributed by atoms with van der Waals surface area (Å²) in [5.74, 6) is 0. The molecule has 3 heteroatoms. The van der Waals surface area contributed by atoms with Gasteiger partial charge in [-0.3, -0.25) is 0 Å². The number of rotatable bonds is 2. The van der Waals surface area contributed by atoms with Gasteiger partial charge in [0.1, 0.15) is 0 Å². The van der Waals surface area contributed by atoms with Gasteiger partial charge in [-0.25, -0.2) is 0 Å². The number of alkyl halides is 1. The second-order valence-electron chi connectivity index (χ2n) is 2.54. The molecule has 12 heavy (non-hydrogen) atoms. The van der Waals surface area contributed by atoms with Crippen molar-refractivity contribution in [1.82, 2.24) is 0 Å². The van der Waals surface area contributed by atoms with E-state index in [-0.39, 0.29) is 5.38 Å². The van der Waals surface area contributed by atoms with Crippen LogP contribution in [0, 0.1) is 0 Å². The van der Waals surface area contributed by atoms with E-state index >= 15 is 0 Å². The summed E-state index contributed by atoms with van der Waals surface area (Å²) in [5, 5.41) is 1.27. The molecule has 0 aliphatic carbocycles. The summed E-state index contributed by atoms with van der Waals surface area (Å²) in [6.07, 6.45) is 0.864. The Morgan fingerprint density at radius 1 is 1.33 bits per heavy atom. The molecular formula is C9H9Cl3. The molecule has 1 rings (SSSR count). The highest BCUT2D eigenvalue weighted by Gasteiger charge is 2.09. The topological polar surface area (TPSA) is 0 Å². The Labute approximate surface area is 87.4 Å². The van der Waals surface area contributed by atoms with Crippen LogP contribution in [-0.4, -0.2) is 0 Å². The monoisotopic (exact) mass is 222 g/mol. The third kappa shape index (κ3) is 2.29. The van der Waals surface area contributed by atoms with Gasteiger partial charge in [0, 0.05) is 10.0 Å². The molecular weight excluding hydrogens is 214 g/mol. The molecule has 1 atom stereocenters. The van der Waals surface area contributed by atoms with Crippen molar-refractivity contribution < 1.29 is 0 Å². The molecule has 66 valence electrons. The molecule has 0 spiro atoms. The van der Waals surface area contributed by atoms with E-state index in [2.05, 4.69) is 0 Å². The van der Waals surface area contributed by atoms with Crippen LogP contribution in [0.15, 0.2) is 18.2 Å². The fourth-order valence-electron chi connectivity index (χ4n) is 0.975. The van der Waals surface area contributed by atoms with Crippen LogP contribution in [-0.2, 0) is 0 Å². The van der Waals surface area contributed by atoms with Gasteiger partial charge in [-0.05, 0) is 24.1 Å². The lowest BCUT2D eigenvalue weighted by atomic mass is 10.1. The first-order valence-electron chi connectivity index (χ1n) is 3.74. The van der Waals surface area contributed by atoms with Crippen LogP contribution in [0.5, 0.6) is 0 Å². The molecule has 0 aliphatic rings. The normalized spacial score (nSPS) is 13.0. The van der Waals surface area contributed by atoms with Crippen LogP contribution >= 0.6 is 34.8 Å². The zero-order valence-electron chi connectivity index (χ0n) is 6.65. The average Bonchev–Trinajstić information content (AvgIpc) is 2.03. The van der Waals surface area contributed by atoms with E-state index in [1.165, 1.54) is 0 Å². The molecule has 0 bridgehead atoms. The quantitative estimate of drug-likeness (QED) is 0.639. The van der Waals surface area contributed by atoms with E-state index in [0.29, 0.717) is 10.0 Å². The van der Waals surface area contributed by atoms with Crippen LogP contribution in [0.25, 0.3) is 0 Å². The van der Waals surface area contributed by atoms with Crippen molar-refractivity contribution >= 4 is 34.8 Å². The molecule has 0 radical (unpaired) electrons. The Bertz CT molecular complexity index is 270. The zero-order chi connectivity index (χ0) is 9.14. The first kappa shape index (κ1) is 10.2. The molecule has 0 saturated carbocycles. The molecule has 0 heterocycles. The first-order chi connectivity index (χ1) is 5.65. The van der Waals surface area contributed by atoms with Crippen molar-refractivity contribution in [1.29, 1.82) is 0 Å². The zero-order valence-corrected chi connectivity index (χ0v) is 8.92. The summed E-state index contributed by atoms with van der Waals surface area (Å²) >= 11 is 17.7. The van der Waals surface area contributed by atoms with Gasteiger partial charge in [0.25, 0.3) is 0 Å².